The number of carbonyl (C=O) groups excluding carboxylic acids is 1. The van der Waals surface area contributed by atoms with E-state index < -0.39 is 6.04 Å². The van der Waals surface area contributed by atoms with Gasteiger partial charge in [0.2, 0.25) is 0 Å². The number of methoxy groups -OCH3 is 1. The summed E-state index contributed by atoms with van der Waals surface area (Å²) in [6.07, 6.45) is 0.630. The fourth-order valence-corrected chi connectivity index (χ4v) is 1.16. The highest BCUT2D eigenvalue weighted by molar-refractivity contribution is 5.85. The number of rotatable bonds is 6. The average Bonchev–Trinajstić information content (AvgIpc) is 2.35. The summed E-state index contributed by atoms with van der Waals surface area (Å²) >= 11 is 0. The highest BCUT2D eigenvalue weighted by Gasteiger charge is 2.11. The number of hydrogen-bond acceptors (Lipinski definition) is 4. The van der Waals surface area contributed by atoms with E-state index in [4.69, 9.17) is 15.2 Å². The molecule has 1 unspecified atom stereocenters. The lowest BCUT2D eigenvalue weighted by atomic mass is 10.1. The molecular formula is C12H17NO3. The number of ether oxygens (including phenoxy) is 2. The van der Waals surface area contributed by atoms with Crippen LogP contribution in [0.2, 0.25) is 0 Å². The molecule has 0 saturated carbocycles. The maximum Gasteiger partial charge on any atom is 0.186 e. The first kappa shape index (κ1) is 12.5. The molecule has 0 bridgehead atoms. The van der Waals surface area contributed by atoms with Crippen molar-refractivity contribution < 1.29 is 14.3 Å². The van der Waals surface area contributed by atoms with Gasteiger partial charge >= 0.3 is 0 Å². The number of ketones is 1. The summed E-state index contributed by atoms with van der Waals surface area (Å²) in [7, 11) is 1.60. The van der Waals surface area contributed by atoms with Crippen molar-refractivity contribution in [2.24, 2.45) is 5.73 Å². The fraction of sp³-hybridized carbons (Fsp3) is 0.417. The molecular weight excluding hydrogens is 206 g/mol. The van der Waals surface area contributed by atoms with Gasteiger partial charge in [0.25, 0.3) is 0 Å². The zero-order chi connectivity index (χ0) is 12.0. The molecule has 0 aliphatic heterocycles. The maximum atomic E-state index is 11.4. The lowest BCUT2D eigenvalue weighted by Gasteiger charge is -2.09. The summed E-state index contributed by atoms with van der Waals surface area (Å²) in [5, 5.41) is 0. The van der Waals surface area contributed by atoms with Crippen LogP contribution in [0.5, 0.6) is 11.5 Å². The minimum Gasteiger partial charge on any atom is -0.497 e. The van der Waals surface area contributed by atoms with Gasteiger partial charge in [0, 0.05) is 0 Å². The van der Waals surface area contributed by atoms with Crippen LogP contribution in [0.3, 0.4) is 0 Å². The van der Waals surface area contributed by atoms with Gasteiger partial charge in [-0.25, -0.2) is 0 Å². The molecule has 0 radical (unpaired) electrons. The minimum absolute atomic E-state index is 0.0152. The lowest BCUT2D eigenvalue weighted by molar-refractivity contribution is -0.122. The number of nitrogens with two attached hydrogens (primary N) is 1. The van der Waals surface area contributed by atoms with Crippen LogP contribution in [0.15, 0.2) is 24.3 Å². The minimum atomic E-state index is -0.432. The van der Waals surface area contributed by atoms with E-state index in [2.05, 4.69) is 0 Å². The monoisotopic (exact) mass is 223 g/mol. The Kier molecular flexibility index (Phi) is 4.79. The van der Waals surface area contributed by atoms with E-state index in [1.54, 1.807) is 31.4 Å². The molecule has 0 heterocycles. The molecule has 1 rings (SSSR count). The molecule has 1 atom stereocenters. The number of benzene rings is 1. The number of Topliss-reactive ketones (excluding diaryl/α,β-unsaturated/α-hetero) is 1. The molecule has 0 aliphatic carbocycles. The molecule has 16 heavy (non-hydrogen) atoms. The topological polar surface area (TPSA) is 61.6 Å². The smallest absolute Gasteiger partial charge is 0.186 e. The highest BCUT2D eigenvalue weighted by Crippen LogP contribution is 2.16. The Balaban J connectivity index is 2.45. The zero-order valence-corrected chi connectivity index (χ0v) is 9.60. The van der Waals surface area contributed by atoms with Crippen molar-refractivity contribution >= 4 is 5.78 Å². The van der Waals surface area contributed by atoms with Gasteiger partial charge in [-0.2, -0.15) is 0 Å². The van der Waals surface area contributed by atoms with Crippen LogP contribution in [-0.2, 0) is 4.79 Å². The van der Waals surface area contributed by atoms with E-state index in [1.807, 2.05) is 6.92 Å². The second-order valence-corrected chi connectivity index (χ2v) is 3.45. The van der Waals surface area contributed by atoms with Crippen LogP contribution in [-0.4, -0.2) is 25.5 Å². The predicted octanol–water partition coefficient (Wildman–Crippen LogP) is 1.38. The van der Waals surface area contributed by atoms with Crippen LogP contribution < -0.4 is 15.2 Å². The van der Waals surface area contributed by atoms with Crippen LogP contribution in [0.25, 0.3) is 0 Å². The summed E-state index contributed by atoms with van der Waals surface area (Å²) in [6.45, 7) is 1.89. The van der Waals surface area contributed by atoms with Crippen molar-refractivity contribution in [3.63, 3.8) is 0 Å². The summed E-state index contributed by atoms with van der Waals surface area (Å²) in [5.74, 6) is 1.31. The molecule has 0 amide bonds. The van der Waals surface area contributed by atoms with Gasteiger partial charge in [0.1, 0.15) is 18.1 Å². The zero-order valence-electron chi connectivity index (χ0n) is 9.60. The average molecular weight is 223 g/mol. The van der Waals surface area contributed by atoms with E-state index in [0.717, 1.165) is 5.75 Å². The Hall–Kier alpha value is -1.55. The molecule has 0 aliphatic rings. The molecule has 4 nitrogen and oxygen atoms in total. The van der Waals surface area contributed by atoms with Crippen molar-refractivity contribution in [2.45, 2.75) is 19.4 Å². The van der Waals surface area contributed by atoms with Gasteiger partial charge in [-0.15, -0.1) is 0 Å². The largest absolute Gasteiger partial charge is 0.497 e. The molecule has 4 heteroatoms. The Bertz CT molecular complexity index is 335. The van der Waals surface area contributed by atoms with Gasteiger partial charge in [-0.05, 0) is 30.7 Å². The first-order chi connectivity index (χ1) is 7.67. The molecule has 0 fully saturated rings. The summed E-state index contributed by atoms with van der Waals surface area (Å²) in [6, 6.07) is 6.63. The van der Waals surface area contributed by atoms with Crippen LogP contribution >= 0.6 is 0 Å². The first-order valence-corrected chi connectivity index (χ1v) is 5.22. The summed E-state index contributed by atoms with van der Waals surface area (Å²) in [5.41, 5.74) is 5.58. The Labute approximate surface area is 95.3 Å². The third-order valence-electron chi connectivity index (χ3n) is 2.29. The predicted molar refractivity (Wildman–Crippen MR) is 61.8 cm³/mol. The quantitative estimate of drug-likeness (QED) is 0.791. The molecule has 0 saturated heterocycles. The van der Waals surface area contributed by atoms with Gasteiger partial charge in [0.15, 0.2) is 5.78 Å². The molecule has 0 spiro atoms. The third kappa shape index (κ3) is 3.55. The molecule has 1 aromatic rings. The van der Waals surface area contributed by atoms with Gasteiger partial charge < -0.3 is 15.2 Å². The van der Waals surface area contributed by atoms with Gasteiger partial charge in [-0.3, -0.25) is 4.79 Å². The van der Waals surface area contributed by atoms with E-state index in [-0.39, 0.29) is 12.4 Å². The normalized spacial score (nSPS) is 11.9. The van der Waals surface area contributed by atoms with Crippen LogP contribution in [0, 0.1) is 0 Å². The summed E-state index contributed by atoms with van der Waals surface area (Å²) < 4.78 is 10.3. The second-order valence-electron chi connectivity index (χ2n) is 3.45. The van der Waals surface area contributed by atoms with Crippen molar-refractivity contribution in [1.29, 1.82) is 0 Å². The van der Waals surface area contributed by atoms with Crippen molar-refractivity contribution in [1.82, 2.24) is 0 Å². The molecule has 1 aromatic carbocycles. The third-order valence-corrected chi connectivity index (χ3v) is 2.29. The second kappa shape index (κ2) is 6.12. The van der Waals surface area contributed by atoms with E-state index in [1.165, 1.54) is 0 Å². The molecule has 2 N–H and O–H groups in total. The van der Waals surface area contributed by atoms with Gasteiger partial charge in [-0.1, -0.05) is 6.92 Å². The Morgan fingerprint density at radius 2 is 1.88 bits per heavy atom. The van der Waals surface area contributed by atoms with Gasteiger partial charge in [0.05, 0.1) is 13.2 Å². The van der Waals surface area contributed by atoms with Crippen molar-refractivity contribution in [3.8, 4) is 11.5 Å². The Morgan fingerprint density at radius 1 is 1.31 bits per heavy atom. The number of hydrogen-bond donors (Lipinski definition) is 1. The number of carbonyl (C=O) groups is 1. The van der Waals surface area contributed by atoms with E-state index >= 15 is 0 Å². The molecule has 0 aromatic heterocycles. The summed E-state index contributed by atoms with van der Waals surface area (Å²) in [4.78, 5) is 11.4. The Morgan fingerprint density at radius 3 is 2.38 bits per heavy atom. The fourth-order valence-electron chi connectivity index (χ4n) is 1.16. The van der Waals surface area contributed by atoms with E-state index in [0.29, 0.717) is 12.2 Å². The highest BCUT2D eigenvalue weighted by atomic mass is 16.5. The van der Waals surface area contributed by atoms with E-state index in [9.17, 15) is 4.79 Å². The lowest BCUT2D eigenvalue weighted by Crippen LogP contribution is -2.33. The standard InChI is InChI=1S/C12H17NO3/c1-3-11(13)12(14)8-16-10-6-4-9(15-2)5-7-10/h4-7,11H,3,8,13H2,1-2H3. The maximum absolute atomic E-state index is 11.4. The van der Waals surface area contributed by atoms with Crippen molar-refractivity contribution in [2.75, 3.05) is 13.7 Å². The van der Waals surface area contributed by atoms with Crippen LogP contribution in [0.4, 0.5) is 0 Å². The molecule has 88 valence electrons. The first-order valence-electron chi connectivity index (χ1n) is 5.22. The van der Waals surface area contributed by atoms with Crippen molar-refractivity contribution in [3.05, 3.63) is 24.3 Å². The SMILES string of the molecule is CCC(N)C(=O)COc1ccc(OC)cc1. The van der Waals surface area contributed by atoms with Crippen LogP contribution in [0.1, 0.15) is 13.3 Å².